The van der Waals surface area contributed by atoms with Crippen LogP contribution in [0.1, 0.15) is 36.1 Å². The Morgan fingerprint density at radius 3 is 2.61 bits per heavy atom. The lowest BCUT2D eigenvalue weighted by Crippen LogP contribution is -2.58. The van der Waals surface area contributed by atoms with Gasteiger partial charge in [-0.25, -0.2) is 0 Å². The summed E-state index contributed by atoms with van der Waals surface area (Å²) < 4.78 is 12.3. The van der Waals surface area contributed by atoms with E-state index in [0.29, 0.717) is 16.9 Å². The highest BCUT2D eigenvalue weighted by Crippen LogP contribution is 2.57. The number of hydrogen-bond acceptors (Lipinski definition) is 5. The van der Waals surface area contributed by atoms with E-state index < -0.39 is 5.72 Å². The maximum Gasteiger partial charge on any atom is 0.276 e. The molecule has 0 amide bonds. The van der Waals surface area contributed by atoms with Gasteiger partial charge in [0.25, 0.3) is 5.69 Å². The molecule has 0 radical (unpaired) electrons. The molecular weight excluding hydrogens is 356 g/mol. The number of fused-ring (bicyclic) bond motifs is 2. The van der Waals surface area contributed by atoms with Gasteiger partial charge >= 0.3 is 0 Å². The first kappa shape index (κ1) is 18.3. The molecule has 2 aliphatic rings. The first-order valence-electron chi connectivity index (χ1n) is 9.24. The van der Waals surface area contributed by atoms with Crippen LogP contribution in [-0.2, 0) is 5.41 Å². The summed E-state index contributed by atoms with van der Waals surface area (Å²) in [5, 5.41) is 11.5. The van der Waals surface area contributed by atoms with Crippen molar-refractivity contribution in [2.24, 2.45) is 0 Å². The number of ether oxygens (including phenoxy) is 2. The number of likely N-dealkylation sites (N-methyl/N-ethyl adjacent to an activating group) is 1. The van der Waals surface area contributed by atoms with Gasteiger partial charge in [0.15, 0.2) is 0 Å². The minimum absolute atomic E-state index is 0.145. The summed E-state index contributed by atoms with van der Waals surface area (Å²) in [6, 6.07) is 7.81. The van der Waals surface area contributed by atoms with Crippen molar-refractivity contribution in [1.29, 1.82) is 0 Å². The van der Waals surface area contributed by atoms with Crippen LogP contribution in [0.5, 0.6) is 11.5 Å². The van der Waals surface area contributed by atoms with Crippen molar-refractivity contribution in [3.8, 4) is 11.5 Å². The molecule has 2 heterocycles. The third kappa shape index (κ3) is 2.08. The van der Waals surface area contributed by atoms with Crippen molar-refractivity contribution >= 4 is 17.5 Å². The monoisotopic (exact) mass is 380 g/mol. The molecule has 146 valence electrons. The Balaban J connectivity index is 1.91. The van der Waals surface area contributed by atoms with Gasteiger partial charge in [0.2, 0.25) is 5.72 Å². The number of nitro benzene ring substituents is 1. The predicted octanol–water partition coefficient (Wildman–Crippen LogP) is 4.75. The molecule has 2 aromatic rings. The standard InChI is InChI=1S/C22H24N2O4/c1-13-12-18-15(14(2)19(13)24(25)26)10-11-22(28-18)21(3,4)16-8-7-9-17(27-6)20(16)23(22)5/h7-12H,1-6H3. The van der Waals surface area contributed by atoms with E-state index in [4.69, 9.17) is 9.47 Å². The fourth-order valence-corrected chi connectivity index (χ4v) is 4.75. The van der Waals surface area contributed by atoms with E-state index in [2.05, 4.69) is 24.8 Å². The molecule has 28 heavy (non-hydrogen) atoms. The van der Waals surface area contributed by atoms with Crippen LogP contribution in [0.4, 0.5) is 11.4 Å². The van der Waals surface area contributed by atoms with Crippen molar-refractivity contribution < 1.29 is 14.4 Å². The summed E-state index contributed by atoms with van der Waals surface area (Å²) in [7, 11) is 3.66. The zero-order valence-electron chi connectivity index (χ0n) is 17.0. The van der Waals surface area contributed by atoms with Crippen molar-refractivity contribution in [2.45, 2.75) is 38.8 Å². The fourth-order valence-electron chi connectivity index (χ4n) is 4.75. The van der Waals surface area contributed by atoms with E-state index in [1.807, 2.05) is 31.3 Å². The minimum atomic E-state index is -0.758. The number of methoxy groups -OCH3 is 1. The average Bonchev–Trinajstić information content (AvgIpc) is 2.80. The number of rotatable bonds is 2. The van der Waals surface area contributed by atoms with Crippen LogP contribution >= 0.6 is 0 Å². The highest BCUT2D eigenvalue weighted by atomic mass is 16.6. The van der Waals surface area contributed by atoms with Crippen LogP contribution in [0.15, 0.2) is 30.3 Å². The number of aryl methyl sites for hydroxylation is 1. The molecular formula is C22H24N2O4. The molecule has 0 bridgehead atoms. The van der Waals surface area contributed by atoms with Crippen LogP contribution in [0.25, 0.3) is 6.08 Å². The Bertz CT molecular complexity index is 1040. The number of benzene rings is 2. The van der Waals surface area contributed by atoms with Gasteiger partial charge in [0, 0.05) is 23.7 Å². The fraction of sp³-hybridized carbons (Fsp3) is 0.364. The van der Waals surface area contributed by atoms with Crippen molar-refractivity contribution in [3.63, 3.8) is 0 Å². The average molecular weight is 380 g/mol. The SMILES string of the molecule is COc1cccc2c1N(C)C1(C=Cc3c(cc(C)c([N+](=O)[O-])c3C)O1)C2(C)C. The van der Waals surface area contributed by atoms with Crippen LogP contribution in [0.2, 0.25) is 0 Å². The van der Waals surface area contributed by atoms with Crippen molar-refractivity contribution in [3.05, 3.63) is 62.7 Å². The molecule has 4 rings (SSSR count). The Hall–Kier alpha value is -3.02. The van der Waals surface area contributed by atoms with Crippen molar-refractivity contribution in [2.75, 3.05) is 19.1 Å². The van der Waals surface area contributed by atoms with Gasteiger partial charge in [0.05, 0.1) is 23.1 Å². The molecule has 2 aliphatic heterocycles. The molecule has 1 unspecified atom stereocenters. The molecule has 0 saturated carbocycles. The summed E-state index contributed by atoms with van der Waals surface area (Å²) in [6.07, 6.45) is 3.97. The maximum atomic E-state index is 11.5. The van der Waals surface area contributed by atoms with E-state index in [1.165, 1.54) is 0 Å². The summed E-state index contributed by atoms with van der Waals surface area (Å²) in [6.45, 7) is 7.82. The Labute approximate surface area is 164 Å². The number of hydrogen-bond donors (Lipinski definition) is 0. The maximum absolute atomic E-state index is 11.5. The second kappa shape index (κ2) is 5.74. The van der Waals surface area contributed by atoms with Gasteiger partial charge in [-0.3, -0.25) is 10.1 Å². The molecule has 0 aliphatic carbocycles. The predicted molar refractivity (Wildman–Crippen MR) is 109 cm³/mol. The molecule has 2 aromatic carbocycles. The largest absolute Gasteiger partial charge is 0.495 e. The van der Waals surface area contributed by atoms with Gasteiger partial charge in [-0.05, 0) is 57.5 Å². The zero-order chi connectivity index (χ0) is 20.4. The number of anilines is 1. The zero-order valence-corrected chi connectivity index (χ0v) is 17.0. The molecule has 1 atom stereocenters. The lowest BCUT2D eigenvalue weighted by Gasteiger charge is -2.46. The quantitative estimate of drug-likeness (QED) is 0.556. The summed E-state index contributed by atoms with van der Waals surface area (Å²) in [5.74, 6) is 1.46. The van der Waals surface area contributed by atoms with E-state index in [9.17, 15) is 10.1 Å². The smallest absolute Gasteiger partial charge is 0.276 e. The van der Waals surface area contributed by atoms with Crippen molar-refractivity contribution in [1.82, 2.24) is 0 Å². The van der Waals surface area contributed by atoms with Crippen LogP contribution in [0, 0.1) is 24.0 Å². The van der Waals surface area contributed by atoms with Crippen LogP contribution in [0.3, 0.4) is 0 Å². The second-order valence-electron chi connectivity index (χ2n) is 8.01. The molecule has 0 fully saturated rings. The highest BCUT2D eigenvalue weighted by Gasteiger charge is 2.58. The van der Waals surface area contributed by atoms with Gasteiger partial charge in [0.1, 0.15) is 11.5 Å². The molecule has 6 nitrogen and oxygen atoms in total. The van der Waals surface area contributed by atoms with E-state index >= 15 is 0 Å². The third-order valence-electron chi connectivity index (χ3n) is 6.29. The molecule has 1 spiro atoms. The molecule has 0 saturated heterocycles. The van der Waals surface area contributed by atoms with Crippen LogP contribution < -0.4 is 14.4 Å². The minimum Gasteiger partial charge on any atom is -0.495 e. The molecule has 6 heteroatoms. The van der Waals surface area contributed by atoms with E-state index in [1.54, 1.807) is 27.0 Å². The topological polar surface area (TPSA) is 64.8 Å². The second-order valence-corrected chi connectivity index (χ2v) is 8.01. The van der Waals surface area contributed by atoms with Gasteiger partial charge < -0.3 is 14.4 Å². The summed E-state index contributed by atoms with van der Waals surface area (Å²) >= 11 is 0. The van der Waals surface area contributed by atoms with E-state index in [-0.39, 0.29) is 16.0 Å². The Morgan fingerprint density at radius 2 is 1.96 bits per heavy atom. The van der Waals surface area contributed by atoms with E-state index in [0.717, 1.165) is 22.6 Å². The summed E-state index contributed by atoms with van der Waals surface area (Å²) in [5.41, 5.74) is 3.13. The first-order chi connectivity index (χ1) is 13.2. The number of nitro groups is 1. The lowest BCUT2D eigenvalue weighted by atomic mass is 9.76. The summed E-state index contributed by atoms with van der Waals surface area (Å²) in [4.78, 5) is 13.3. The first-order valence-corrected chi connectivity index (χ1v) is 9.24. The van der Waals surface area contributed by atoms with Gasteiger partial charge in [-0.15, -0.1) is 0 Å². The third-order valence-corrected chi connectivity index (χ3v) is 6.29. The van der Waals surface area contributed by atoms with Crippen LogP contribution in [-0.4, -0.2) is 24.8 Å². The number of para-hydroxylation sites is 1. The Morgan fingerprint density at radius 1 is 1.25 bits per heavy atom. The molecule has 0 N–H and O–H groups in total. The van der Waals surface area contributed by atoms with Gasteiger partial charge in [-0.2, -0.15) is 0 Å². The lowest BCUT2D eigenvalue weighted by molar-refractivity contribution is -0.386. The van der Waals surface area contributed by atoms with Gasteiger partial charge in [-0.1, -0.05) is 12.1 Å². The highest BCUT2D eigenvalue weighted by molar-refractivity contribution is 5.78. The Kier molecular flexibility index (Phi) is 3.76. The molecule has 0 aromatic heterocycles. The normalized spacial score (nSPS) is 21.3. The number of nitrogens with zero attached hydrogens (tertiary/aromatic N) is 2.